The lowest BCUT2D eigenvalue weighted by Crippen LogP contribution is -2.37. The Labute approximate surface area is 100 Å². The van der Waals surface area contributed by atoms with Crippen LogP contribution in [0.15, 0.2) is 0 Å². The van der Waals surface area contributed by atoms with Gasteiger partial charge in [0.1, 0.15) is 0 Å². The highest BCUT2D eigenvalue weighted by Crippen LogP contribution is 2.02. The molecular formula is C10H18N2O3S. The second-order valence-corrected chi connectivity index (χ2v) is 4.54. The van der Waals surface area contributed by atoms with Crippen LogP contribution in [0, 0.1) is 0 Å². The zero-order chi connectivity index (χ0) is 11.8. The summed E-state index contributed by atoms with van der Waals surface area (Å²) in [6.07, 6.45) is 1.00. The van der Waals surface area contributed by atoms with Gasteiger partial charge in [0.2, 0.25) is 5.78 Å². The third kappa shape index (κ3) is 5.48. The number of amides is 1. The lowest BCUT2D eigenvalue weighted by atomic mass is 10.4. The van der Waals surface area contributed by atoms with Gasteiger partial charge in [0.15, 0.2) is 0 Å². The number of Topliss-reactive ketones (excluding diaryl/α,β-unsaturated/α-hetero) is 1. The molecule has 5 nitrogen and oxygen atoms in total. The first-order valence-electron chi connectivity index (χ1n) is 5.43. The Hall–Kier alpha value is -0.590. The lowest BCUT2D eigenvalue weighted by Gasteiger charge is -2.26. The molecule has 0 aromatic rings. The number of nitrogens with zero attached hydrogens (tertiary/aromatic N) is 1. The molecule has 1 heterocycles. The summed E-state index contributed by atoms with van der Waals surface area (Å²) in [6, 6.07) is 0. The van der Waals surface area contributed by atoms with Crippen LogP contribution in [0.5, 0.6) is 0 Å². The first kappa shape index (κ1) is 13.5. The molecule has 1 fully saturated rings. The van der Waals surface area contributed by atoms with E-state index in [4.69, 9.17) is 4.74 Å². The highest BCUT2D eigenvalue weighted by molar-refractivity contribution is 7.98. The molecule has 1 N–H and O–H groups in total. The van der Waals surface area contributed by atoms with Crippen molar-refractivity contribution in [1.29, 1.82) is 0 Å². The Kier molecular flexibility index (Phi) is 6.44. The van der Waals surface area contributed by atoms with Crippen molar-refractivity contribution in [3.63, 3.8) is 0 Å². The minimum atomic E-state index is -0.517. The van der Waals surface area contributed by atoms with Gasteiger partial charge in [0.05, 0.1) is 13.2 Å². The minimum Gasteiger partial charge on any atom is -0.379 e. The number of hydrogen-bond acceptors (Lipinski definition) is 5. The van der Waals surface area contributed by atoms with Gasteiger partial charge < -0.3 is 4.74 Å². The van der Waals surface area contributed by atoms with Crippen molar-refractivity contribution in [2.24, 2.45) is 0 Å². The first-order chi connectivity index (χ1) is 7.70. The summed E-state index contributed by atoms with van der Waals surface area (Å²) in [5.41, 5.74) is 0. The summed E-state index contributed by atoms with van der Waals surface area (Å²) >= 11 is 1.30. The molecule has 92 valence electrons. The predicted molar refractivity (Wildman–Crippen MR) is 63.2 cm³/mol. The zero-order valence-corrected chi connectivity index (χ0v) is 10.3. The fraction of sp³-hybridized carbons (Fsp3) is 0.800. The van der Waals surface area contributed by atoms with Crippen LogP contribution in [-0.4, -0.2) is 55.2 Å². The minimum absolute atomic E-state index is 0.444. The van der Waals surface area contributed by atoms with Crippen molar-refractivity contribution in [2.75, 3.05) is 38.6 Å². The van der Waals surface area contributed by atoms with E-state index in [1.54, 1.807) is 0 Å². The second kappa shape index (κ2) is 7.65. The molecule has 1 rings (SSSR count). The van der Waals surface area contributed by atoms with E-state index in [9.17, 15) is 9.59 Å². The van der Waals surface area contributed by atoms with Crippen molar-refractivity contribution < 1.29 is 14.3 Å². The maximum Gasteiger partial charge on any atom is 0.296 e. The molecule has 1 saturated heterocycles. The summed E-state index contributed by atoms with van der Waals surface area (Å²) in [5, 5.41) is 0. The molecule has 0 aromatic heterocycles. The standard InChI is InChI=1S/C10H18N2O3S/c1-9(13)10(14)11-16-8-2-3-12-4-6-15-7-5-12/h2-8H2,1H3,(H,11,14). The van der Waals surface area contributed by atoms with Crippen molar-refractivity contribution in [1.82, 2.24) is 9.62 Å². The van der Waals surface area contributed by atoms with E-state index in [1.807, 2.05) is 0 Å². The smallest absolute Gasteiger partial charge is 0.296 e. The predicted octanol–water partition coefficient (Wildman–Crippen LogP) is 0.0621. The van der Waals surface area contributed by atoms with Gasteiger partial charge >= 0.3 is 0 Å². The Morgan fingerprint density at radius 1 is 1.38 bits per heavy atom. The van der Waals surface area contributed by atoms with Crippen molar-refractivity contribution in [3.05, 3.63) is 0 Å². The number of ether oxygens (including phenoxy) is 1. The number of carbonyl (C=O) groups excluding carboxylic acids is 2. The van der Waals surface area contributed by atoms with Crippen LogP contribution in [0.25, 0.3) is 0 Å². The highest BCUT2D eigenvalue weighted by atomic mass is 32.2. The van der Waals surface area contributed by atoms with Crippen LogP contribution in [0.3, 0.4) is 0 Å². The lowest BCUT2D eigenvalue weighted by molar-refractivity contribution is -0.135. The zero-order valence-electron chi connectivity index (χ0n) is 9.53. The van der Waals surface area contributed by atoms with Crippen molar-refractivity contribution in [2.45, 2.75) is 13.3 Å². The first-order valence-corrected chi connectivity index (χ1v) is 6.41. The number of carbonyl (C=O) groups is 2. The van der Waals surface area contributed by atoms with Gasteiger partial charge in [-0.1, -0.05) is 11.9 Å². The maximum atomic E-state index is 10.9. The van der Waals surface area contributed by atoms with Crippen molar-refractivity contribution >= 4 is 23.6 Å². The molecule has 0 unspecified atom stereocenters. The SMILES string of the molecule is CC(=O)C(=O)NSCCCN1CCOCC1. The molecule has 0 radical (unpaired) electrons. The van der Waals surface area contributed by atoms with Crippen LogP contribution in [0.2, 0.25) is 0 Å². The van der Waals surface area contributed by atoms with Gasteiger partial charge in [-0.05, 0) is 13.0 Å². The Bertz CT molecular complexity index is 242. The second-order valence-electron chi connectivity index (χ2n) is 3.64. The summed E-state index contributed by atoms with van der Waals surface area (Å²) in [4.78, 5) is 23.9. The topological polar surface area (TPSA) is 58.6 Å². The van der Waals surface area contributed by atoms with E-state index in [1.165, 1.54) is 18.9 Å². The average molecular weight is 246 g/mol. The molecule has 6 heteroatoms. The molecule has 0 aromatic carbocycles. The molecule has 0 saturated carbocycles. The summed E-state index contributed by atoms with van der Waals surface area (Å²) in [6.45, 7) is 5.90. The van der Waals surface area contributed by atoms with Crippen LogP contribution < -0.4 is 4.72 Å². The number of hydrogen-bond donors (Lipinski definition) is 1. The Morgan fingerprint density at radius 3 is 2.69 bits per heavy atom. The van der Waals surface area contributed by atoms with Gasteiger partial charge in [-0.2, -0.15) is 0 Å². The molecule has 0 atom stereocenters. The largest absolute Gasteiger partial charge is 0.379 e. The number of morpholine rings is 1. The van der Waals surface area contributed by atoms with Crippen LogP contribution >= 0.6 is 11.9 Å². The molecule has 0 spiro atoms. The molecule has 0 bridgehead atoms. The van der Waals surface area contributed by atoms with Crippen LogP contribution in [-0.2, 0) is 14.3 Å². The van der Waals surface area contributed by atoms with E-state index < -0.39 is 11.7 Å². The quantitative estimate of drug-likeness (QED) is 0.408. The summed E-state index contributed by atoms with van der Waals surface area (Å²) < 4.78 is 7.75. The molecular weight excluding hydrogens is 228 g/mol. The molecule has 1 amide bonds. The maximum absolute atomic E-state index is 10.9. The third-order valence-electron chi connectivity index (χ3n) is 2.31. The van der Waals surface area contributed by atoms with E-state index in [2.05, 4.69) is 9.62 Å². The molecule has 0 aliphatic carbocycles. The van der Waals surface area contributed by atoms with Crippen LogP contribution in [0.1, 0.15) is 13.3 Å². The number of rotatable bonds is 6. The van der Waals surface area contributed by atoms with Gasteiger partial charge in [0, 0.05) is 25.8 Å². The molecule has 1 aliphatic heterocycles. The number of nitrogens with one attached hydrogen (secondary N) is 1. The molecule has 1 aliphatic rings. The monoisotopic (exact) mass is 246 g/mol. The Balaban J connectivity index is 1.95. The fourth-order valence-corrected chi connectivity index (χ4v) is 2.02. The summed E-state index contributed by atoms with van der Waals surface area (Å²) in [7, 11) is 0. The normalized spacial score (nSPS) is 17.1. The Morgan fingerprint density at radius 2 is 2.06 bits per heavy atom. The average Bonchev–Trinajstić information content (AvgIpc) is 2.29. The third-order valence-corrected chi connectivity index (χ3v) is 3.13. The molecule has 16 heavy (non-hydrogen) atoms. The number of ketones is 1. The highest BCUT2D eigenvalue weighted by Gasteiger charge is 2.10. The van der Waals surface area contributed by atoms with Gasteiger partial charge in [-0.15, -0.1) is 0 Å². The van der Waals surface area contributed by atoms with E-state index >= 15 is 0 Å². The van der Waals surface area contributed by atoms with Crippen molar-refractivity contribution in [3.8, 4) is 0 Å². The fourth-order valence-electron chi connectivity index (χ4n) is 1.37. The van der Waals surface area contributed by atoms with E-state index in [0.717, 1.165) is 45.0 Å². The summed E-state index contributed by atoms with van der Waals surface area (Å²) in [5.74, 6) is -0.131. The van der Waals surface area contributed by atoms with Gasteiger partial charge in [-0.25, -0.2) is 0 Å². The van der Waals surface area contributed by atoms with Gasteiger partial charge in [-0.3, -0.25) is 19.2 Å². The van der Waals surface area contributed by atoms with E-state index in [0.29, 0.717) is 0 Å². The van der Waals surface area contributed by atoms with Crippen LogP contribution in [0.4, 0.5) is 0 Å². The van der Waals surface area contributed by atoms with Gasteiger partial charge in [0.25, 0.3) is 5.91 Å². The van der Waals surface area contributed by atoms with E-state index in [-0.39, 0.29) is 0 Å².